The lowest BCUT2D eigenvalue weighted by molar-refractivity contribution is 0.0972. The number of benzene rings is 2. The van der Waals surface area contributed by atoms with Crippen molar-refractivity contribution in [3.8, 4) is 0 Å². The van der Waals surface area contributed by atoms with Crippen LogP contribution in [0.1, 0.15) is 27.3 Å². The summed E-state index contributed by atoms with van der Waals surface area (Å²) in [5.74, 6) is 0.984. The molecule has 1 heterocycles. The zero-order chi connectivity index (χ0) is 15.0. The highest BCUT2D eigenvalue weighted by atomic mass is 16.1. The van der Waals surface area contributed by atoms with Crippen LogP contribution in [0.4, 0.5) is 0 Å². The van der Waals surface area contributed by atoms with Crippen LogP contribution in [-0.4, -0.2) is 15.3 Å². The molecule has 1 aromatic heterocycles. The molecule has 0 saturated heterocycles. The van der Waals surface area contributed by atoms with Gasteiger partial charge in [-0.2, -0.15) is 0 Å². The molecule has 0 fully saturated rings. The van der Waals surface area contributed by atoms with Crippen LogP contribution in [0.3, 0.4) is 0 Å². The Kier molecular flexibility index (Phi) is 3.34. The third kappa shape index (κ3) is 2.47. The highest BCUT2D eigenvalue weighted by Gasteiger charge is 2.12. The van der Waals surface area contributed by atoms with E-state index >= 15 is 0 Å². The van der Waals surface area contributed by atoms with Crippen molar-refractivity contribution in [1.29, 1.82) is 0 Å². The van der Waals surface area contributed by atoms with Gasteiger partial charge in [-0.25, -0.2) is 4.98 Å². The number of Topliss-reactive ketones (excluding diaryl/α,β-unsaturated/α-hetero) is 1. The summed E-state index contributed by atoms with van der Waals surface area (Å²) in [4.78, 5) is 17.0. The lowest BCUT2D eigenvalue weighted by Crippen LogP contribution is -2.12. The average molecular weight is 278 g/mol. The second kappa shape index (κ2) is 5.17. The summed E-state index contributed by atoms with van der Waals surface area (Å²) >= 11 is 0. The smallest absolute Gasteiger partial charge is 0.182 e. The first-order chi connectivity index (χ1) is 10.1. The number of aryl methyl sites for hydroxylation is 3. The minimum absolute atomic E-state index is 0.115. The fraction of sp³-hybridized carbons (Fsp3) is 0.222. The van der Waals surface area contributed by atoms with Crippen molar-refractivity contribution in [2.45, 2.75) is 27.3 Å². The monoisotopic (exact) mass is 278 g/mol. The molecule has 0 aliphatic carbocycles. The number of fused-ring (bicyclic) bond motifs is 1. The van der Waals surface area contributed by atoms with Gasteiger partial charge in [-0.05, 0) is 50.1 Å². The van der Waals surface area contributed by atoms with E-state index in [2.05, 4.69) is 11.9 Å². The molecule has 3 heteroatoms. The van der Waals surface area contributed by atoms with Crippen molar-refractivity contribution >= 4 is 16.8 Å². The molecule has 0 unspecified atom stereocenters. The minimum Gasteiger partial charge on any atom is -0.320 e. The first-order valence-electron chi connectivity index (χ1n) is 7.08. The zero-order valence-corrected chi connectivity index (χ0v) is 12.6. The topological polar surface area (TPSA) is 34.9 Å². The summed E-state index contributed by atoms with van der Waals surface area (Å²) in [6, 6.07) is 13.8. The largest absolute Gasteiger partial charge is 0.320 e. The SMILES string of the molecule is Cc1ccc(C(=O)Cn2c(C)nc3ccccc32)cc1C. The molecular weight excluding hydrogens is 260 g/mol. The molecule has 0 radical (unpaired) electrons. The number of carbonyl (C=O) groups is 1. The third-order valence-electron chi connectivity index (χ3n) is 3.98. The Morgan fingerprint density at radius 1 is 1.05 bits per heavy atom. The summed E-state index contributed by atoms with van der Waals surface area (Å²) in [5, 5.41) is 0. The number of hydrogen-bond acceptors (Lipinski definition) is 2. The zero-order valence-electron chi connectivity index (χ0n) is 12.6. The van der Waals surface area contributed by atoms with Crippen LogP contribution in [0.25, 0.3) is 11.0 Å². The molecule has 0 aliphatic heterocycles. The standard InChI is InChI=1S/C18H18N2O/c1-12-8-9-15(10-13(12)2)18(21)11-20-14(3)19-16-6-4-5-7-17(16)20/h4-10H,11H2,1-3H3. The number of hydrogen-bond donors (Lipinski definition) is 0. The number of para-hydroxylation sites is 2. The Labute approximate surface area is 124 Å². The summed E-state index contributed by atoms with van der Waals surface area (Å²) in [5.41, 5.74) is 5.05. The van der Waals surface area contributed by atoms with E-state index in [1.807, 2.05) is 60.9 Å². The van der Waals surface area contributed by atoms with Crippen LogP contribution in [0.15, 0.2) is 42.5 Å². The van der Waals surface area contributed by atoms with Gasteiger partial charge < -0.3 is 4.57 Å². The van der Waals surface area contributed by atoms with Crippen LogP contribution < -0.4 is 0 Å². The maximum atomic E-state index is 12.5. The van der Waals surface area contributed by atoms with E-state index in [4.69, 9.17) is 0 Å². The van der Waals surface area contributed by atoms with Crippen LogP contribution in [0.2, 0.25) is 0 Å². The van der Waals surface area contributed by atoms with Gasteiger partial charge in [0.2, 0.25) is 0 Å². The number of ketones is 1. The van der Waals surface area contributed by atoms with Crippen LogP contribution in [0, 0.1) is 20.8 Å². The molecule has 106 valence electrons. The first-order valence-corrected chi connectivity index (χ1v) is 7.08. The average Bonchev–Trinajstić information content (AvgIpc) is 2.78. The second-order valence-electron chi connectivity index (χ2n) is 5.46. The molecule has 3 nitrogen and oxygen atoms in total. The molecule has 0 spiro atoms. The van der Waals surface area contributed by atoms with Gasteiger partial charge in [-0.3, -0.25) is 4.79 Å². The Morgan fingerprint density at radius 2 is 1.81 bits per heavy atom. The summed E-state index contributed by atoms with van der Waals surface area (Å²) in [7, 11) is 0. The lowest BCUT2D eigenvalue weighted by atomic mass is 10.0. The maximum Gasteiger partial charge on any atom is 0.182 e. The first kappa shape index (κ1) is 13.6. The maximum absolute atomic E-state index is 12.5. The molecule has 0 atom stereocenters. The fourth-order valence-corrected chi connectivity index (χ4v) is 2.55. The summed E-state index contributed by atoms with van der Waals surface area (Å²) < 4.78 is 1.98. The Morgan fingerprint density at radius 3 is 2.57 bits per heavy atom. The predicted octanol–water partition coefficient (Wildman–Crippen LogP) is 3.84. The Bertz CT molecular complexity index is 830. The van der Waals surface area contributed by atoms with Crippen molar-refractivity contribution in [2.75, 3.05) is 0 Å². The molecule has 3 aromatic rings. The highest BCUT2D eigenvalue weighted by Crippen LogP contribution is 2.17. The van der Waals surface area contributed by atoms with Crippen LogP contribution >= 0.6 is 0 Å². The molecule has 0 aliphatic rings. The Hall–Kier alpha value is -2.42. The van der Waals surface area contributed by atoms with Gasteiger partial charge in [0.25, 0.3) is 0 Å². The van der Waals surface area contributed by atoms with Gasteiger partial charge in [-0.15, -0.1) is 0 Å². The normalized spacial score (nSPS) is 11.0. The number of nitrogens with zero attached hydrogens (tertiary/aromatic N) is 2. The van der Waals surface area contributed by atoms with Gasteiger partial charge in [0, 0.05) is 5.56 Å². The van der Waals surface area contributed by atoms with E-state index in [1.165, 1.54) is 5.56 Å². The summed E-state index contributed by atoms with van der Waals surface area (Å²) in [6.07, 6.45) is 0. The van der Waals surface area contributed by atoms with Gasteiger partial charge in [0.15, 0.2) is 5.78 Å². The lowest BCUT2D eigenvalue weighted by Gasteiger charge is -2.08. The molecule has 3 rings (SSSR count). The minimum atomic E-state index is 0.115. The number of rotatable bonds is 3. The van der Waals surface area contributed by atoms with Gasteiger partial charge in [-0.1, -0.05) is 24.3 Å². The Balaban J connectivity index is 1.96. The van der Waals surface area contributed by atoms with Gasteiger partial charge in [0.1, 0.15) is 5.82 Å². The van der Waals surface area contributed by atoms with Gasteiger partial charge >= 0.3 is 0 Å². The van der Waals surface area contributed by atoms with E-state index in [1.54, 1.807) is 0 Å². The predicted molar refractivity (Wildman–Crippen MR) is 84.7 cm³/mol. The molecule has 0 N–H and O–H groups in total. The van der Waals surface area contributed by atoms with E-state index in [9.17, 15) is 4.79 Å². The molecular formula is C18H18N2O. The molecule has 21 heavy (non-hydrogen) atoms. The van der Waals surface area contributed by atoms with Crippen LogP contribution in [0.5, 0.6) is 0 Å². The third-order valence-corrected chi connectivity index (χ3v) is 3.98. The van der Waals surface area contributed by atoms with Gasteiger partial charge in [0.05, 0.1) is 17.6 Å². The fourth-order valence-electron chi connectivity index (χ4n) is 2.55. The van der Waals surface area contributed by atoms with Crippen molar-refractivity contribution < 1.29 is 4.79 Å². The van der Waals surface area contributed by atoms with E-state index in [0.29, 0.717) is 6.54 Å². The molecule has 0 saturated carbocycles. The number of carbonyl (C=O) groups excluding carboxylic acids is 1. The van der Waals surface area contributed by atoms with E-state index in [-0.39, 0.29) is 5.78 Å². The van der Waals surface area contributed by atoms with Crippen molar-refractivity contribution in [2.24, 2.45) is 0 Å². The van der Waals surface area contributed by atoms with Crippen molar-refractivity contribution in [3.05, 3.63) is 65.0 Å². The molecule has 2 aromatic carbocycles. The molecule has 0 bridgehead atoms. The van der Waals surface area contributed by atoms with E-state index in [0.717, 1.165) is 28.0 Å². The molecule has 0 amide bonds. The number of aromatic nitrogens is 2. The van der Waals surface area contributed by atoms with Crippen LogP contribution in [-0.2, 0) is 6.54 Å². The number of imidazole rings is 1. The quantitative estimate of drug-likeness (QED) is 0.682. The van der Waals surface area contributed by atoms with E-state index < -0.39 is 0 Å². The second-order valence-corrected chi connectivity index (χ2v) is 5.46. The van der Waals surface area contributed by atoms with Crippen molar-refractivity contribution in [1.82, 2.24) is 9.55 Å². The van der Waals surface area contributed by atoms with Crippen molar-refractivity contribution in [3.63, 3.8) is 0 Å². The highest BCUT2D eigenvalue weighted by molar-refractivity contribution is 5.97. The summed E-state index contributed by atoms with van der Waals surface area (Å²) in [6.45, 7) is 6.35.